The second-order valence-electron chi connectivity index (χ2n) is 6.71. The molecule has 27 heavy (non-hydrogen) atoms. The number of nitro groups is 1. The van der Waals surface area contributed by atoms with E-state index in [4.69, 9.17) is 0 Å². The van der Waals surface area contributed by atoms with Gasteiger partial charge in [0.25, 0.3) is 5.69 Å². The number of carbonyl (C=O) groups excluding carboxylic acids is 1. The molecule has 0 radical (unpaired) electrons. The van der Waals surface area contributed by atoms with Crippen molar-refractivity contribution in [2.75, 3.05) is 18.5 Å². The molecule has 0 spiro atoms. The van der Waals surface area contributed by atoms with Crippen molar-refractivity contribution in [2.24, 2.45) is 5.92 Å². The van der Waals surface area contributed by atoms with Crippen LogP contribution in [0.5, 0.6) is 0 Å². The zero-order chi connectivity index (χ0) is 19.8. The fourth-order valence-corrected chi connectivity index (χ4v) is 2.97. The van der Waals surface area contributed by atoms with Crippen molar-refractivity contribution in [1.29, 1.82) is 0 Å². The van der Waals surface area contributed by atoms with Gasteiger partial charge in [-0.25, -0.2) is 0 Å². The molecule has 0 saturated carbocycles. The molecule has 1 atom stereocenters. The van der Waals surface area contributed by atoms with Crippen LogP contribution in [-0.4, -0.2) is 40.0 Å². The summed E-state index contributed by atoms with van der Waals surface area (Å²) in [6.07, 6.45) is 0. The summed E-state index contributed by atoms with van der Waals surface area (Å²) in [5.74, 6) is -0.225. The highest BCUT2D eigenvalue weighted by Gasteiger charge is 2.24. The predicted molar refractivity (Wildman–Crippen MR) is 104 cm³/mol. The molecule has 7 heteroatoms. The number of nitrogens with zero attached hydrogens (tertiary/aromatic N) is 2. The molecular weight excluding hydrogens is 346 g/mol. The minimum Gasteiger partial charge on any atom is -0.395 e. The fourth-order valence-electron chi connectivity index (χ4n) is 2.97. The van der Waals surface area contributed by atoms with Crippen LogP contribution in [-0.2, 0) is 11.3 Å². The van der Waals surface area contributed by atoms with Gasteiger partial charge in [0, 0.05) is 18.7 Å². The third-order valence-corrected chi connectivity index (χ3v) is 4.38. The van der Waals surface area contributed by atoms with Gasteiger partial charge < -0.3 is 10.4 Å². The van der Waals surface area contributed by atoms with Crippen molar-refractivity contribution in [3.63, 3.8) is 0 Å². The number of aliphatic hydroxyl groups excluding tert-OH is 1. The Morgan fingerprint density at radius 2 is 1.78 bits per heavy atom. The third-order valence-electron chi connectivity index (χ3n) is 4.38. The van der Waals surface area contributed by atoms with Gasteiger partial charge in [-0.2, -0.15) is 0 Å². The summed E-state index contributed by atoms with van der Waals surface area (Å²) in [5.41, 5.74) is 1.04. The number of nitrogens with one attached hydrogen (secondary N) is 1. The molecule has 0 aliphatic rings. The summed E-state index contributed by atoms with van der Waals surface area (Å²) in [6, 6.07) is 15.5. The second kappa shape index (κ2) is 9.80. The summed E-state index contributed by atoms with van der Waals surface area (Å²) >= 11 is 0. The quantitative estimate of drug-likeness (QED) is 0.522. The highest BCUT2D eigenvalue weighted by atomic mass is 16.6. The van der Waals surface area contributed by atoms with Crippen molar-refractivity contribution >= 4 is 17.3 Å². The number of amides is 1. The standard InChI is InChI=1S/C20H25N3O4/c1-15(2)19(14-24)22(12-16-8-4-3-5-9-16)13-20(25)21-17-10-6-7-11-18(17)23(26)27/h3-11,15,19,24H,12-14H2,1-2H3,(H,21,25). The summed E-state index contributed by atoms with van der Waals surface area (Å²) in [4.78, 5) is 25.1. The van der Waals surface area contributed by atoms with Crippen LogP contribution in [0.4, 0.5) is 11.4 Å². The second-order valence-corrected chi connectivity index (χ2v) is 6.71. The average molecular weight is 371 g/mol. The maximum Gasteiger partial charge on any atom is 0.292 e. The lowest BCUT2D eigenvalue weighted by Crippen LogP contribution is -2.45. The normalized spacial score (nSPS) is 12.2. The summed E-state index contributed by atoms with van der Waals surface area (Å²) in [6.45, 7) is 4.40. The Labute approximate surface area is 158 Å². The van der Waals surface area contributed by atoms with Crippen LogP contribution in [0.3, 0.4) is 0 Å². The Morgan fingerprint density at radius 3 is 2.37 bits per heavy atom. The summed E-state index contributed by atoms with van der Waals surface area (Å²) in [7, 11) is 0. The van der Waals surface area contributed by atoms with Crippen molar-refractivity contribution in [3.8, 4) is 0 Å². The van der Waals surface area contributed by atoms with E-state index in [0.717, 1.165) is 5.56 Å². The lowest BCUT2D eigenvalue weighted by Gasteiger charge is -2.32. The van der Waals surface area contributed by atoms with Gasteiger partial charge in [-0.3, -0.25) is 19.8 Å². The Balaban J connectivity index is 2.16. The van der Waals surface area contributed by atoms with Crippen LogP contribution in [0, 0.1) is 16.0 Å². The summed E-state index contributed by atoms with van der Waals surface area (Å²) < 4.78 is 0. The van der Waals surface area contributed by atoms with Crippen LogP contribution in [0.2, 0.25) is 0 Å². The van der Waals surface area contributed by atoms with Crippen LogP contribution in [0.1, 0.15) is 19.4 Å². The van der Waals surface area contributed by atoms with Crippen molar-refractivity contribution < 1.29 is 14.8 Å². The Hall–Kier alpha value is -2.77. The van der Waals surface area contributed by atoms with Gasteiger partial charge in [-0.15, -0.1) is 0 Å². The minimum absolute atomic E-state index is 0.0182. The number of para-hydroxylation sites is 2. The molecule has 0 saturated heterocycles. The number of hydrogen-bond acceptors (Lipinski definition) is 5. The van der Waals surface area contributed by atoms with Crippen molar-refractivity contribution in [1.82, 2.24) is 4.90 Å². The molecule has 2 rings (SSSR count). The topological polar surface area (TPSA) is 95.7 Å². The van der Waals surface area contributed by atoms with Crippen LogP contribution in [0.15, 0.2) is 54.6 Å². The van der Waals surface area contributed by atoms with E-state index in [1.54, 1.807) is 12.1 Å². The first-order chi connectivity index (χ1) is 12.9. The molecule has 2 N–H and O–H groups in total. The van der Waals surface area contributed by atoms with E-state index in [1.165, 1.54) is 12.1 Å². The number of nitro benzene ring substituents is 1. The van der Waals surface area contributed by atoms with Crippen LogP contribution >= 0.6 is 0 Å². The van der Waals surface area contributed by atoms with E-state index in [0.29, 0.717) is 6.54 Å². The smallest absolute Gasteiger partial charge is 0.292 e. The van der Waals surface area contributed by atoms with Crippen LogP contribution < -0.4 is 5.32 Å². The fraction of sp³-hybridized carbons (Fsp3) is 0.350. The predicted octanol–water partition coefficient (Wildman–Crippen LogP) is 3.05. The molecule has 2 aromatic carbocycles. The number of carbonyl (C=O) groups is 1. The SMILES string of the molecule is CC(C)C(CO)N(CC(=O)Nc1ccccc1[N+](=O)[O-])Cc1ccccc1. The number of hydrogen-bond donors (Lipinski definition) is 2. The molecule has 0 aromatic heterocycles. The first-order valence-electron chi connectivity index (χ1n) is 8.84. The molecule has 0 bridgehead atoms. The van der Waals surface area contributed by atoms with Gasteiger partial charge in [0.1, 0.15) is 5.69 Å². The Morgan fingerprint density at radius 1 is 1.15 bits per heavy atom. The van der Waals surface area contributed by atoms with E-state index in [2.05, 4.69) is 5.32 Å². The Bertz CT molecular complexity index is 765. The van der Waals surface area contributed by atoms with E-state index in [9.17, 15) is 20.0 Å². The number of rotatable bonds is 9. The van der Waals surface area contributed by atoms with Crippen LogP contribution in [0.25, 0.3) is 0 Å². The number of benzene rings is 2. The number of aliphatic hydroxyl groups is 1. The first kappa shape index (κ1) is 20.5. The lowest BCUT2D eigenvalue weighted by molar-refractivity contribution is -0.383. The number of anilines is 1. The molecule has 7 nitrogen and oxygen atoms in total. The first-order valence-corrected chi connectivity index (χ1v) is 8.84. The van der Waals surface area contributed by atoms with Crippen molar-refractivity contribution in [3.05, 3.63) is 70.3 Å². The Kier molecular flexibility index (Phi) is 7.45. The van der Waals surface area contributed by atoms with Gasteiger partial charge in [0.15, 0.2) is 0 Å². The zero-order valence-corrected chi connectivity index (χ0v) is 15.5. The summed E-state index contributed by atoms with van der Waals surface area (Å²) in [5, 5.41) is 23.5. The molecule has 0 fully saturated rings. The molecule has 1 amide bonds. The van der Waals surface area contributed by atoms with Gasteiger partial charge in [0.2, 0.25) is 5.91 Å². The molecule has 0 aliphatic carbocycles. The molecule has 0 aliphatic heterocycles. The highest BCUT2D eigenvalue weighted by Crippen LogP contribution is 2.23. The molecule has 0 heterocycles. The zero-order valence-electron chi connectivity index (χ0n) is 15.5. The maximum atomic E-state index is 12.6. The lowest BCUT2D eigenvalue weighted by atomic mass is 10.0. The van der Waals surface area contributed by atoms with Gasteiger partial charge in [0.05, 0.1) is 18.1 Å². The van der Waals surface area contributed by atoms with E-state index in [1.807, 2.05) is 49.1 Å². The third kappa shape index (κ3) is 5.87. The van der Waals surface area contributed by atoms with Gasteiger partial charge in [-0.05, 0) is 17.5 Å². The van der Waals surface area contributed by atoms with E-state index < -0.39 is 4.92 Å². The average Bonchev–Trinajstić information content (AvgIpc) is 2.63. The molecule has 144 valence electrons. The van der Waals surface area contributed by atoms with Crippen molar-refractivity contribution in [2.45, 2.75) is 26.4 Å². The monoisotopic (exact) mass is 371 g/mol. The maximum absolute atomic E-state index is 12.6. The molecule has 1 unspecified atom stereocenters. The van der Waals surface area contributed by atoms with E-state index >= 15 is 0 Å². The minimum atomic E-state index is -0.526. The molecular formula is C20H25N3O4. The molecule has 2 aromatic rings. The van der Waals surface area contributed by atoms with E-state index in [-0.39, 0.29) is 42.4 Å². The van der Waals surface area contributed by atoms with Gasteiger partial charge in [-0.1, -0.05) is 56.3 Å². The van der Waals surface area contributed by atoms with Gasteiger partial charge >= 0.3 is 0 Å². The largest absolute Gasteiger partial charge is 0.395 e. The highest BCUT2D eigenvalue weighted by molar-refractivity contribution is 5.94.